The molecular weight excluding hydrogens is 423 g/mol. The topological polar surface area (TPSA) is 61.2 Å². The molecule has 0 aliphatic carbocycles. The second-order valence-corrected chi connectivity index (χ2v) is 8.66. The minimum absolute atomic E-state index is 0.161. The molecule has 0 spiro atoms. The molecule has 154 valence electrons. The number of nitrogens with zero attached hydrogens (tertiary/aromatic N) is 2. The molecule has 0 radical (unpaired) electrons. The number of hydrogen-bond acceptors (Lipinski definition) is 6. The van der Waals surface area contributed by atoms with Crippen molar-refractivity contribution in [2.45, 2.75) is 19.9 Å². The third-order valence-corrected chi connectivity index (χ3v) is 6.65. The van der Waals surface area contributed by atoms with Crippen LogP contribution >= 0.6 is 22.7 Å². The van der Waals surface area contributed by atoms with Crippen LogP contribution in [-0.4, -0.2) is 29.1 Å². The molecule has 3 heterocycles. The van der Waals surface area contributed by atoms with E-state index < -0.39 is 0 Å². The van der Waals surface area contributed by atoms with E-state index in [0.29, 0.717) is 40.2 Å². The van der Waals surface area contributed by atoms with E-state index in [1.807, 2.05) is 22.9 Å². The van der Waals surface area contributed by atoms with E-state index in [1.165, 1.54) is 34.1 Å². The summed E-state index contributed by atoms with van der Waals surface area (Å²) in [4.78, 5) is 32.7. The van der Waals surface area contributed by atoms with E-state index in [1.54, 1.807) is 25.4 Å². The molecule has 0 saturated heterocycles. The molecule has 30 heavy (non-hydrogen) atoms. The lowest BCUT2D eigenvalue weighted by Gasteiger charge is -2.12. The van der Waals surface area contributed by atoms with Gasteiger partial charge in [0.2, 0.25) is 0 Å². The lowest BCUT2D eigenvalue weighted by molar-refractivity contribution is 0.0968. The Morgan fingerprint density at radius 1 is 1.27 bits per heavy atom. The first-order chi connectivity index (χ1) is 14.5. The number of carbonyl (C=O) groups is 1. The summed E-state index contributed by atoms with van der Waals surface area (Å²) in [6, 6.07) is 8.11. The quantitative estimate of drug-likeness (QED) is 0.389. The van der Waals surface area contributed by atoms with Crippen molar-refractivity contribution < 1.29 is 13.9 Å². The molecule has 0 N–H and O–H groups in total. The summed E-state index contributed by atoms with van der Waals surface area (Å²) in [5.41, 5.74) is 1.34. The zero-order chi connectivity index (χ0) is 21.3. The fourth-order valence-electron chi connectivity index (χ4n) is 3.28. The predicted octanol–water partition coefficient (Wildman–Crippen LogP) is 4.71. The smallest absolute Gasteiger partial charge is 0.263 e. The molecule has 0 aliphatic rings. The van der Waals surface area contributed by atoms with Crippen molar-refractivity contribution >= 4 is 38.7 Å². The Labute approximate surface area is 180 Å². The summed E-state index contributed by atoms with van der Waals surface area (Å²) in [5.74, 6) is -0.138. The Hall–Kier alpha value is -2.68. The Morgan fingerprint density at radius 2 is 2.10 bits per heavy atom. The molecule has 3 aromatic heterocycles. The second-order valence-electron chi connectivity index (χ2n) is 6.86. The van der Waals surface area contributed by atoms with Gasteiger partial charge in [-0.2, -0.15) is 0 Å². The Balaban J connectivity index is 1.82. The van der Waals surface area contributed by atoms with Gasteiger partial charge in [-0.3, -0.25) is 14.2 Å². The van der Waals surface area contributed by atoms with Gasteiger partial charge in [0.15, 0.2) is 5.78 Å². The third kappa shape index (κ3) is 3.86. The van der Waals surface area contributed by atoms with E-state index >= 15 is 0 Å². The lowest BCUT2D eigenvalue weighted by atomic mass is 10.1. The summed E-state index contributed by atoms with van der Waals surface area (Å²) >= 11 is 2.97. The minimum Gasteiger partial charge on any atom is -0.384 e. The average molecular weight is 443 g/mol. The standard InChI is InChI=1S/C22H19FN2O3S2/c1-13-10-14(5-6-16(13)23)17(26)11-25-19(7-8-28-2)24-21-20(22(25)27)15(12-30-21)18-4-3-9-29-18/h3-6,9-10,12H,7-8,11H2,1-2H3. The molecule has 0 bridgehead atoms. The van der Waals surface area contributed by atoms with Gasteiger partial charge < -0.3 is 4.74 Å². The van der Waals surface area contributed by atoms with Crippen molar-refractivity contribution in [1.82, 2.24) is 9.55 Å². The number of carbonyl (C=O) groups excluding carboxylic acids is 1. The molecule has 5 nitrogen and oxygen atoms in total. The number of ketones is 1. The van der Waals surface area contributed by atoms with Crippen LogP contribution in [0.1, 0.15) is 21.7 Å². The number of rotatable bonds is 7. The first kappa shape index (κ1) is 20.6. The largest absolute Gasteiger partial charge is 0.384 e. The average Bonchev–Trinajstić information content (AvgIpc) is 3.40. The van der Waals surface area contributed by atoms with Gasteiger partial charge in [0.25, 0.3) is 5.56 Å². The lowest BCUT2D eigenvalue weighted by Crippen LogP contribution is -2.29. The molecule has 0 saturated carbocycles. The molecule has 8 heteroatoms. The van der Waals surface area contributed by atoms with Crippen molar-refractivity contribution in [2.24, 2.45) is 0 Å². The SMILES string of the molecule is COCCc1nc2scc(-c3cccs3)c2c(=O)n1CC(=O)c1ccc(F)c(C)c1. The van der Waals surface area contributed by atoms with Gasteiger partial charge in [-0.05, 0) is 42.1 Å². The summed E-state index contributed by atoms with van der Waals surface area (Å²) < 4.78 is 20.2. The highest BCUT2D eigenvalue weighted by Crippen LogP contribution is 2.33. The maximum atomic E-state index is 13.6. The highest BCUT2D eigenvalue weighted by molar-refractivity contribution is 7.18. The third-order valence-electron chi connectivity index (χ3n) is 4.87. The molecule has 1 aromatic carbocycles. The number of ether oxygens (including phenoxy) is 1. The maximum absolute atomic E-state index is 13.6. The van der Waals surface area contributed by atoms with Crippen molar-refractivity contribution in [2.75, 3.05) is 13.7 Å². The number of aryl methyl sites for hydroxylation is 1. The summed E-state index contributed by atoms with van der Waals surface area (Å²) in [6.07, 6.45) is 0.406. The summed E-state index contributed by atoms with van der Waals surface area (Å²) in [7, 11) is 1.58. The summed E-state index contributed by atoms with van der Waals surface area (Å²) in [6.45, 7) is 1.82. The molecule has 0 unspecified atom stereocenters. The van der Waals surface area contributed by atoms with Crippen LogP contribution in [0.4, 0.5) is 4.39 Å². The van der Waals surface area contributed by atoms with Crippen LogP contribution in [0.15, 0.2) is 45.9 Å². The van der Waals surface area contributed by atoms with Gasteiger partial charge >= 0.3 is 0 Å². The predicted molar refractivity (Wildman–Crippen MR) is 118 cm³/mol. The Kier molecular flexibility index (Phi) is 5.90. The molecule has 4 aromatic rings. The number of hydrogen-bond donors (Lipinski definition) is 0. The normalized spacial score (nSPS) is 11.3. The molecule has 0 fully saturated rings. The fourth-order valence-corrected chi connectivity index (χ4v) is 5.05. The number of methoxy groups -OCH3 is 1. The van der Waals surface area contributed by atoms with E-state index in [4.69, 9.17) is 4.74 Å². The maximum Gasteiger partial charge on any atom is 0.263 e. The van der Waals surface area contributed by atoms with Gasteiger partial charge in [-0.1, -0.05) is 6.07 Å². The van der Waals surface area contributed by atoms with Crippen molar-refractivity contribution in [3.63, 3.8) is 0 Å². The molecule has 0 aliphatic heterocycles. The Bertz CT molecular complexity index is 1280. The van der Waals surface area contributed by atoms with Crippen LogP contribution in [0, 0.1) is 12.7 Å². The molecule has 0 amide bonds. The van der Waals surface area contributed by atoms with Crippen LogP contribution in [-0.2, 0) is 17.7 Å². The van der Waals surface area contributed by atoms with E-state index in [0.717, 1.165) is 10.4 Å². The highest BCUT2D eigenvalue weighted by atomic mass is 32.1. The van der Waals surface area contributed by atoms with E-state index in [2.05, 4.69) is 4.98 Å². The van der Waals surface area contributed by atoms with Gasteiger partial charge in [0.1, 0.15) is 16.5 Å². The monoisotopic (exact) mass is 442 g/mol. The zero-order valence-corrected chi connectivity index (χ0v) is 18.1. The van der Waals surface area contributed by atoms with Crippen molar-refractivity contribution in [3.05, 3.63) is 74.2 Å². The Morgan fingerprint density at radius 3 is 2.80 bits per heavy atom. The van der Waals surface area contributed by atoms with Crippen LogP contribution in [0.5, 0.6) is 0 Å². The number of benzene rings is 1. The summed E-state index contributed by atoms with van der Waals surface area (Å²) in [5, 5.41) is 4.41. The number of aromatic nitrogens is 2. The van der Waals surface area contributed by atoms with E-state index in [-0.39, 0.29) is 23.7 Å². The zero-order valence-electron chi connectivity index (χ0n) is 16.5. The van der Waals surface area contributed by atoms with Crippen molar-refractivity contribution in [1.29, 1.82) is 0 Å². The number of Topliss-reactive ketones (excluding diaryl/α,β-unsaturated/α-hetero) is 1. The van der Waals surface area contributed by atoms with E-state index in [9.17, 15) is 14.0 Å². The van der Waals surface area contributed by atoms with Gasteiger partial charge in [-0.15, -0.1) is 22.7 Å². The molecule has 4 rings (SSSR count). The van der Waals surface area contributed by atoms with Gasteiger partial charge in [0, 0.05) is 34.9 Å². The van der Waals surface area contributed by atoms with Crippen LogP contribution in [0.25, 0.3) is 20.7 Å². The van der Waals surface area contributed by atoms with Crippen LogP contribution in [0.2, 0.25) is 0 Å². The number of thiophene rings is 2. The molecular formula is C22H19FN2O3S2. The first-order valence-electron chi connectivity index (χ1n) is 9.32. The highest BCUT2D eigenvalue weighted by Gasteiger charge is 2.20. The fraction of sp³-hybridized carbons (Fsp3) is 0.227. The van der Waals surface area contributed by atoms with Crippen LogP contribution in [0.3, 0.4) is 0 Å². The van der Waals surface area contributed by atoms with Gasteiger partial charge in [0.05, 0.1) is 18.5 Å². The minimum atomic E-state index is -0.369. The van der Waals surface area contributed by atoms with Crippen LogP contribution < -0.4 is 5.56 Å². The molecule has 0 atom stereocenters. The number of fused-ring (bicyclic) bond motifs is 1. The van der Waals surface area contributed by atoms with Crippen molar-refractivity contribution in [3.8, 4) is 10.4 Å². The second kappa shape index (κ2) is 8.59. The number of halogens is 1. The first-order valence-corrected chi connectivity index (χ1v) is 11.1. The van der Waals surface area contributed by atoms with Gasteiger partial charge in [-0.25, -0.2) is 9.37 Å².